The Labute approximate surface area is 162 Å². The Balaban J connectivity index is 1.69. The molecular formula is C19H23N3O4S. The van der Waals surface area contributed by atoms with Crippen LogP contribution in [-0.4, -0.2) is 52.6 Å². The molecule has 1 fully saturated rings. The van der Waals surface area contributed by atoms with Crippen molar-refractivity contribution >= 4 is 28.8 Å². The van der Waals surface area contributed by atoms with E-state index in [1.165, 1.54) is 11.3 Å². The van der Waals surface area contributed by atoms with Crippen LogP contribution in [0.25, 0.3) is 0 Å². The molecule has 0 spiro atoms. The zero-order chi connectivity index (χ0) is 19.4. The zero-order valence-corrected chi connectivity index (χ0v) is 16.2. The van der Waals surface area contributed by atoms with Crippen molar-refractivity contribution in [2.24, 2.45) is 0 Å². The Hall–Kier alpha value is -2.29. The van der Waals surface area contributed by atoms with E-state index in [2.05, 4.69) is 10.3 Å². The van der Waals surface area contributed by atoms with Gasteiger partial charge in [-0.15, -0.1) is 11.3 Å². The second-order valence-corrected chi connectivity index (χ2v) is 7.54. The van der Waals surface area contributed by atoms with Gasteiger partial charge in [-0.1, -0.05) is 12.1 Å². The average Bonchev–Trinajstić information content (AvgIpc) is 3.10. The molecule has 2 heterocycles. The average molecular weight is 389 g/mol. The van der Waals surface area contributed by atoms with Crippen LogP contribution in [0.4, 0.5) is 5.69 Å². The number of amides is 2. The third-order valence-corrected chi connectivity index (χ3v) is 5.41. The molecule has 0 bridgehead atoms. The quantitative estimate of drug-likeness (QED) is 0.817. The molecule has 2 aromatic rings. The summed E-state index contributed by atoms with van der Waals surface area (Å²) in [5.74, 6) is -0.366. The van der Waals surface area contributed by atoms with E-state index in [0.717, 1.165) is 16.1 Å². The second-order valence-electron chi connectivity index (χ2n) is 6.48. The number of rotatable bonds is 5. The first-order valence-corrected chi connectivity index (χ1v) is 9.67. The Morgan fingerprint density at radius 2 is 2.22 bits per heavy atom. The molecular weight excluding hydrogens is 366 g/mol. The number of aliphatic hydroxyl groups excluding tert-OH is 1. The minimum atomic E-state index is -0.338. The van der Waals surface area contributed by atoms with Crippen molar-refractivity contribution in [1.82, 2.24) is 9.88 Å². The molecule has 0 saturated carbocycles. The summed E-state index contributed by atoms with van der Waals surface area (Å²) in [6.45, 7) is 4.83. The molecule has 27 heavy (non-hydrogen) atoms. The van der Waals surface area contributed by atoms with Gasteiger partial charge in [-0.05, 0) is 31.0 Å². The molecule has 0 radical (unpaired) electrons. The second kappa shape index (κ2) is 8.60. The van der Waals surface area contributed by atoms with Crippen LogP contribution in [0, 0.1) is 13.8 Å². The third kappa shape index (κ3) is 4.52. The molecule has 1 atom stereocenters. The van der Waals surface area contributed by atoms with E-state index in [-0.39, 0.29) is 30.9 Å². The fraction of sp³-hybridized carbons (Fsp3) is 0.421. The number of carbonyl (C=O) groups is 2. The number of benzene rings is 1. The lowest BCUT2D eigenvalue weighted by molar-refractivity contribution is -0.118. The third-order valence-electron chi connectivity index (χ3n) is 4.64. The zero-order valence-electron chi connectivity index (χ0n) is 15.4. The van der Waals surface area contributed by atoms with E-state index in [1.54, 1.807) is 22.4 Å². The fourth-order valence-corrected chi connectivity index (χ4v) is 3.69. The van der Waals surface area contributed by atoms with Gasteiger partial charge in [0.05, 0.1) is 30.9 Å². The van der Waals surface area contributed by atoms with Gasteiger partial charge in [0.15, 0.2) is 0 Å². The van der Waals surface area contributed by atoms with Crippen LogP contribution in [-0.2, 0) is 16.1 Å². The van der Waals surface area contributed by atoms with Gasteiger partial charge in [-0.25, -0.2) is 4.98 Å². The highest BCUT2D eigenvalue weighted by Crippen LogP contribution is 2.21. The first-order chi connectivity index (χ1) is 13.0. The van der Waals surface area contributed by atoms with Crippen LogP contribution < -0.4 is 5.32 Å². The molecule has 1 aliphatic rings. The van der Waals surface area contributed by atoms with Crippen molar-refractivity contribution in [2.75, 3.05) is 25.1 Å². The molecule has 3 rings (SSSR count). The normalized spacial score (nSPS) is 17.0. The van der Waals surface area contributed by atoms with Gasteiger partial charge < -0.3 is 20.1 Å². The summed E-state index contributed by atoms with van der Waals surface area (Å²) < 4.78 is 5.49. The minimum Gasteiger partial charge on any atom is -0.392 e. The van der Waals surface area contributed by atoms with Crippen LogP contribution in [0.3, 0.4) is 0 Å². The van der Waals surface area contributed by atoms with E-state index >= 15 is 0 Å². The number of nitrogens with one attached hydrogen (secondary N) is 1. The molecule has 1 aromatic carbocycles. The number of aromatic nitrogens is 1. The smallest absolute Gasteiger partial charge is 0.273 e. The lowest BCUT2D eigenvalue weighted by Crippen LogP contribution is -2.50. The Bertz CT molecular complexity index is 836. The number of carbonyl (C=O) groups excluding carboxylic acids is 2. The van der Waals surface area contributed by atoms with Gasteiger partial charge in [-0.3, -0.25) is 9.59 Å². The van der Waals surface area contributed by atoms with Crippen LogP contribution in [0.15, 0.2) is 23.6 Å². The van der Waals surface area contributed by atoms with E-state index < -0.39 is 0 Å². The molecule has 0 unspecified atom stereocenters. The number of aliphatic hydroxyl groups is 1. The molecule has 8 heteroatoms. The van der Waals surface area contributed by atoms with Crippen molar-refractivity contribution in [3.63, 3.8) is 0 Å². The number of anilines is 1. The molecule has 7 nitrogen and oxygen atoms in total. The summed E-state index contributed by atoms with van der Waals surface area (Å²) in [4.78, 5) is 31.3. The largest absolute Gasteiger partial charge is 0.392 e. The van der Waals surface area contributed by atoms with Crippen molar-refractivity contribution in [2.45, 2.75) is 32.9 Å². The summed E-state index contributed by atoms with van der Waals surface area (Å²) in [5.41, 5.74) is 2.68. The maximum Gasteiger partial charge on any atom is 0.273 e. The van der Waals surface area contributed by atoms with Crippen LogP contribution in [0.1, 0.15) is 33.0 Å². The molecule has 144 valence electrons. The number of nitrogens with zero attached hydrogens (tertiary/aromatic N) is 2. The molecule has 1 aromatic heterocycles. The first-order valence-electron chi connectivity index (χ1n) is 8.79. The van der Waals surface area contributed by atoms with Crippen molar-refractivity contribution in [1.29, 1.82) is 0 Å². The Morgan fingerprint density at radius 1 is 1.41 bits per heavy atom. The number of ether oxygens (including phenoxy) is 1. The van der Waals surface area contributed by atoms with Gasteiger partial charge in [0.2, 0.25) is 5.91 Å². The van der Waals surface area contributed by atoms with E-state index in [4.69, 9.17) is 4.74 Å². The van der Waals surface area contributed by atoms with Crippen molar-refractivity contribution < 1.29 is 19.4 Å². The van der Waals surface area contributed by atoms with Crippen LogP contribution >= 0.6 is 11.3 Å². The summed E-state index contributed by atoms with van der Waals surface area (Å²) in [6, 6.07) is 5.06. The SMILES string of the molecule is Cc1nc(C(=O)N2CCOC[C@H]2CC(=O)Nc2cccc(CO)c2C)cs1. The lowest BCUT2D eigenvalue weighted by Gasteiger charge is -2.35. The minimum absolute atomic E-state index is 0.0820. The summed E-state index contributed by atoms with van der Waals surface area (Å²) in [5, 5.41) is 14.8. The molecule has 1 saturated heterocycles. The number of hydrogen-bond donors (Lipinski definition) is 2. The topological polar surface area (TPSA) is 91.8 Å². The van der Waals surface area contributed by atoms with Gasteiger partial charge in [-0.2, -0.15) is 0 Å². The van der Waals surface area contributed by atoms with Gasteiger partial charge in [0, 0.05) is 24.0 Å². The maximum absolute atomic E-state index is 12.8. The number of thiazole rings is 1. The highest BCUT2D eigenvalue weighted by molar-refractivity contribution is 7.09. The van der Waals surface area contributed by atoms with Crippen LogP contribution in [0.2, 0.25) is 0 Å². The maximum atomic E-state index is 12.8. The molecule has 2 amide bonds. The summed E-state index contributed by atoms with van der Waals surface area (Å²) >= 11 is 1.43. The standard InChI is InChI=1S/C19H23N3O4S/c1-12-14(9-23)4-3-5-16(12)21-18(24)8-15-10-26-7-6-22(15)19(25)17-11-27-13(2)20-17/h3-5,11,15,23H,6-10H2,1-2H3,(H,21,24)/t15-/m1/s1. The van der Waals surface area contributed by atoms with Crippen LogP contribution in [0.5, 0.6) is 0 Å². The van der Waals surface area contributed by atoms with Gasteiger partial charge in [0.1, 0.15) is 5.69 Å². The van der Waals surface area contributed by atoms with E-state index in [9.17, 15) is 14.7 Å². The number of morpholine rings is 1. The van der Waals surface area contributed by atoms with Gasteiger partial charge in [0.25, 0.3) is 5.91 Å². The highest BCUT2D eigenvalue weighted by Gasteiger charge is 2.31. The molecule has 2 N–H and O–H groups in total. The Kier molecular flexibility index (Phi) is 6.20. The number of aryl methyl sites for hydroxylation is 1. The lowest BCUT2D eigenvalue weighted by atomic mass is 10.1. The molecule has 0 aliphatic carbocycles. The monoisotopic (exact) mass is 389 g/mol. The predicted molar refractivity (Wildman–Crippen MR) is 103 cm³/mol. The van der Waals surface area contributed by atoms with Gasteiger partial charge >= 0.3 is 0 Å². The van der Waals surface area contributed by atoms with E-state index in [1.807, 2.05) is 19.9 Å². The fourth-order valence-electron chi connectivity index (χ4n) is 3.11. The number of hydrogen-bond acceptors (Lipinski definition) is 6. The first kappa shape index (κ1) is 19.5. The van der Waals surface area contributed by atoms with E-state index in [0.29, 0.717) is 31.1 Å². The van der Waals surface area contributed by atoms with Crippen molar-refractivity contribution in [3.8, 4) is 0 Å². The van der Waals surface area contributed by atoms with Crippen molar-refractivity contribution in [3.05, 3.63) is 45.4 Å². The summed E-state index contributed by atoms with van der Waals surface area (Å²) in [7, 11) is 0. The molecule has 1 aliphatic heterocycles. The highest BCUT2D eigenvalue weighted by atomic mass is 32.1. The Morgan fingerprint density at radius 3 is 2.93 bits per heavy atom. The summed E-state index contributed by atoms with van der Waals surface area (Å²) in [6.07, 6.45) is 0.137. The predicted octanol–water partition coefficient (Wildman–Crippen LogP) is 2.12.